The van der Waals surface area contributed by atoms with Gasteiger partial charge >= 0.3 is 7.60 Å². The normalized spacial score (nSPS) is 15.0. The van der Waals surface area contributed by atoms with E-state index in [4.69, 9.17) is 9.05 Å². The minimum atomic E-state index is -3.46. The Labute approximate surface area is 165 Å². The minimum Gasteiger partial charge on any atom is -0.309 e. The van der Waals surface area contributed by atoms with Crippen molar-refractivity contribution >= 4 is 19.4 Å². The molecule has 0 aliphatic carbocycles. The molecule has 0 spiro atoms. The molecule has 2 aromatic carbocycles. The van der Waals surface area contributed by atoms with Gasteiger partial charge < -0.3 is 9.05 Å². The summed E-state index contributed by atoms with van der Waals surface area (Å²) in [5.74, 6) is -0.748. The first-order valence-electron chi connectivity index (χ1n) is 9.38. The molecule has 3 rings (SSSR count). The van der Waals surface area contributed by atoms with Gasteiger partial charge in [0.25, 0.3) is 11.8 Å². The number of hydrogen-bond donors (Lipinski definition) is 0. The van der Waals surface area contributed by atoms with Crippen LogP contribution in [0.15, 0.2) is 54.6 Å². The average molecular weight is 401 g/mol. The van der Waals surface area contributed by atoms with Gasteiger partial charge in [-0.2, -0.15) is 0 Å². The monoisotopic (exact) mass is 401 g/mol. The summed E-state index contributed by atoms with van der Waals surface area (Å²) in [5.41, 5.74) is 1.67. The lowest BCUT2D eigenvalue weighted by Gasteiger charge is -2.29. The van der Waals surface area contributed by atoms with Crippen LogP contribution in [0.1, 0.15) is 40.1 Å². The molecule has 1 aliphatic rings. The van der Waals surface area contributed by atoms with Crippen molar-refractivity contribution in [2.24, 2.45) is 0 Å². The first kappa shape index (κ1) is 20.5. The number of nitrogens with zero attached hydrogens (tertiary/aromatic N) is 1. The van der Waals surface area contributed by atoms with Gasteiger partial charge in [0, 0.05) is 0 Å². The van der Waals surface area contributed by atoms with Gasteiger partial charge in [-0.25, -0.2) is 0 Å². The number of benzene rings is 2. The van der Waals surface area contributed by atoms with E-state index >= 15 is 0 Å². The van der Waals surface area contributed by atoms with Crippen LogP contribution in [-0.4, -0.2) is 42.1 Å². The summed E-state index contributed by atoms with van der Waals surface area (Å²) in [6.45, 7) is 3.91. The maximum absolute atomic E-state index is 13.2. The molecule has 0 bridgehead atoms. The SMILES string of the molecule is CCOP(=O)(C[C@H](Cc1ccccc1)N1C(=O)c2ccccc2C1=O)OCC. The molecule has 28 heavy (non-hydrogen) atoms. The third-order valence-corrected chi connectivity index (χ3v) is 6.76. The Hall–Kier alpha value is -2.27. The zero-order valence-corrected chi connectivity index (χ0v) is 16.9. The Morgan fingerprint density at radius 3 is 1.86 bits per heavy atom. The number of carbonyl (C=O) groups is 2. The van der Waals surface area contributed by atoms with E-state index < -0.39 is 13.6 Å². The lowest BCUT2D eigenvalue weighted by atomic mass is 10.1. The zero-order chi connectivity index (χ0) is 20.1. The standard InChI is InChI=1S/C21H24NO5P/c1-3-26-28(25,27-4-2)15-17(14-16-10-6-5-7-11-16)22-20(23)18-12-8-9-13-19(18)21(22)24/h5-13,17H,3-4,14-15H2,1-2H3/t17-/m0/s1. The highest BCUT2D eigenvalue weighted by Gasteiger charge is 2.43. The number of carbonyl (C=O) groups excluding carboxylic acids is 2. The minimum absolute atomic E-state index is 0.0466. The van der Waals surface area contributed by atoms with Crippen molar-refractivity contribution in [3.8, 4) is 0 Å². The predicted octanol–water partition coefficient (Wildman–Crippen LogP) is 4.16. The fourth-order valence-corrected chi connectivity index (χ4v) is 5.34. The van der Waals surface area contributed by atoms with Gasteiger partial charge in [-0.3, -0.25) is 19.1 Å². The Morgan fingerprint density at radius 1 is 0.857 bits per heavy atom. The molecule has 2 amide bonds. The smallest absolute Gasteiger partial charge is 0.309 e. The van der Waals surface area contributed by atoms with Gasteiger partial charge in [-0.05, 0) is 38.0 Å². The Balaban J connectivity index is 1.96. The van der Waals surface area contributed by atoms with Gasteiger partial charge in [-0.15, -0.1) is 0 Å². The van der Waals surface area contributed by atoms with E-state index in [9.17, 15) is 14.2 Å². The van der Waals surface area contributed by atoms with E-state index in [1.165, 1.54) is 4.90 Å². The molecule has 1 heterocycles. The van der Waals surface area contributed by atoms with Gasteiger partial charge in [0.1, 0.15) is 0 Å². The molecule has 2 aromatic rings. The van der Waals surface area contributed by atoms with Crippen molar-refractivity contribution in [3.05, 3.63) is 71.3 Å². The van der Waals surface area contributed by atoms with E-state index in [-0.39, 0.29) is 31.2 Å². The summed E-state index contributed by atoms with van der Waals surface area (Å²) >= 11 is 0. The number of rotatable bonds is 9. The molecule has 6 nitrogen and oxygen atoms in total. The van der Waals surface area contributed by atoms with Crippen molar-refractivity contribution in [1.82, 2.24) is 4.90 Å². The Bertz CT molecular complexity index is 854. The molecule has 1 aliphatic heterocycles. The molecule has 0 radical (unpaired) electrons. The molecule has 7 heteroatoms. The van der Waals surface area contributed by atoms with Crippen molar-refractivity contribution in [3.63, 3.8) is 0 Å². The molecule has 0 saturated carbocycles. The first-order chi connectivity index (χ1) is 13.5. The average Bonchev–Trinajstić information content (AvgIpc) is 2.93. The molecule has 0 unspecified atom stereocenters. The van der Waals surface area contributed by atoms with Crippen molar-refractivity contribution in [1.29, 1.82) is 0 Å². The van der Waals surface area contributed by atoms with Gasteiger partial charge in [0.05, 0.1) is 36.5 Å². The third-order valence-electron chi connectivity index (χ3n) is 4.59. The van der Waals surface area contributed by atoms with E-state index in [0.717, 1.165) is 5.56 Å². The number of imide groups is 1. The van der Waals surface area contributed by atoms with Crippen molar-refractivity contribution in [2.75, 3.05) is 19.4 Å². The second-order valence-electron chi connectivity index (χ2n) is 6.50. The van der Waals surface area contributed by atoms with Crippen LogP contribution in [-0.2, 0) is 20.0 Å². The van der Waals surface area contributed by atoms with Crippen LogP contribution in [0.5, 0.6) is 0 Å². The summed E-state index contributed by atoms with van der Waals surface area (Å²) < 4.78 is 24.0. The molecule has 148 valence electrons. The number of amides is 2. The zero-order valence-electron chi connectivity index (χ0n) is 16.0. The summed E-state index contributed by atoms with van der Waals surface area (Å²) in [7, 11) is -3.46. The second kappa shape index (κ2) is 8.82. The highest BCUT2D eigenvalue weighted by Crippen LogP contribution is 2.50. The Kier molecular flexibility index (Phi) is 6.45. The van der Waals surface area contributed by atoms with E-state index in [1.807, 2.05) is 30.3 Å². The van der Waals surface area contributed by atoms with E-state index in [0.29, 0.717) is 17.5 Å². The molecule has 0 N–H and O–H groups in total. The largest absolute Gasteiger partial charge is 0.332 e. The fraction of sp³-hybridized carbons (Fsp3) is 0.333. The van der Waals surface area contributed by atoms with Gasteiger partial charge in [-0.1, -0.05) is 42.5 Å². The number of fused-ring (bicyclic) bond motifs is 1. The van der Waals surface area contributed by atoms with Crippen LogP contribution in [0.25, 0.3) is 0 Å². The van der Waals surface area contributed by atoms with Gasteiger partial charge in [0.2, 0.25) is 0 Å². The van der Waals surface area contributed by atoms with Crippen molar-refractivity contribution in [2.45, 2.75) is 26.3 Å². The van der Waals surface area contributed by atoms with E-state index in [2.05, 4.69) is 0 Å². The first-order valence-corrected chi connectivity index (χ1v) is 11.1. The number of hydrogen-bond acceptors (Lipinski definition) is 5. The summed E-state index contributed by atoms with van der Waals surface area (Å²) in [5, 5.41) is 0. The maximum Gasteiger partial charge on any atom is 0.332 e. The predicted molar refractivity (Wildman–Crippen MR) is 107 cm³/mol. The summed E-state index contributed by atoms with van der Waals surface area (Å²) in [6, 6.07) is 15.6. The lowest BCUT2D eigenvalue weighted by molar-refractivity contribution is 0.0594. The highest BCUT2D eigenvalue weighted by molar-refractivity contribution is 7.53. The Morgan fingerprint density at radius 2 is 1.36 bits per heavy atom. The summed E-state index contributed by atoms with van der Waals surface area (Å²) in [4.78, 5) is 27.2. The molecule has 0 fully saturated rings. The molecular formula is C21H24NO5P. The lowest BCUT2D eigenvalue weighted by Crippen LogP contribution is -2.43. The molecule has 0 aromatic heterocycles. The van der Waals surface area contributed by atoms with Crippen LogP contribution < -0.4 is 0 Å². The third kappa shape index (κ3) is 4.25. The quantitative estimate of drug-likeness (QED) is 0.466. The van der Waals surface area contributed by atoms with Crippen LogP contribution in [0.2, 0.25) is 0 Å². The molecule has 0 saturated heterocycles. The van der Waals surface area contributed by atoms with Crippen molar-refractivity contribution < 1.29 is 23.2 Å². The molecule has 1 atom stereocenters. The summed E-state index contributed by atoms with van der Waals surface area (Å²) in [6.07, 6.45) is 0.325. The maximum atomic E-state index is 13.2. The van der Waals surface area contributed by atoms with E-state index in [1.54, 1.807) is 38.1 Å². The van der Waals surface area contributed by atoms with Crippen LogP contribution in [0, 0.1) is 0 Å². The molecular weight excluding hydrogens is 377 g/mol. The highest BCUT2D eigenvalue weighted by atomic mass is 31.2. The van der Waals surface area contributed by atoms with Crippen LogP contribution in [0.4, 0.5) is 0 Å². The van der Waals surface area contributed by atoms with Crippen LogP contribution in [0.3, 0.4) is 0 Å². The van der Waals surface area contributed by atoms with Crippen LogP contribution >= 0.6 is 7.60 Å². The van der Waals surface area contributed by atoms with Gasteiger partial charge in [0.15, 0.2) is 0 Å². The fourth-order valence-electron chi connectivity index (χ4n) is 3.46. The second-order valence-corrected chi connectivity index (χ2v) is 8.60. The topological polar surface area (TPSA) is 72.9 Å².